The van der Waals surface area contributed by atoms with Gasteiger partial charge in [-0.3, -0.25) is 0 Å². The molecule has 3 aliphatic heterocycles. The summed E-state index contributed by atoms with van der Waals surface area (Å²) >= 11 is 14.8. The molecule has 0 aliphatic carbocycles. The molecule has 0 amide bonds. The van der Waals surface area contributed by atoms with Crippen molar-refractivity contribution in [2.45, 2.75) is 62.9 Å². The molecule has 2 unspecified atom stereocenters. The zero-order chi connectivity index (χ0) is 58.0. The van der Waals surface area contributed by atoms with Gasteiger partial charge in [0.05, 0.1) is 27.7 Å². The van der Waals surface area contributed by atoms with Crippen molar-refractivity contribution in [1.29, 1.82) is 0 Å². The van der Waals surface area contributed by atoms with Crippen molar-refractivity contribution in [2.24, 2.45) is 0 Å². The van der Waals surface area contributed by atoms with Gasteiger partial charge in [-0.1, -0.05) is 252 Å². The van der Waals surface area contributed by atoms with Crippen LogP contribution in [-0.2, 0) is 9.13 Å². The van der Waals surface area contributed by atoms with Crippen molar-refractivity contribution in [3.05, 3.63) is 273 Å². The van der Waals surface area contributed by atoms with E-state index in [9.17, 15) is 9.13 Å². The van der Waals surface area contributed by atoms with E-state index < -0.39 is 35.3 Å². The van der Waals surface area contributed by atoms with Crippen LogP contribution in [0.1, 0.15) is 46.0 Å². The normalized spacial score (nSPS) is 20.0. The molecule has 0 bridgehead atoms. The van der Waals surface area contributed by atoms with Crippen LogP contribution in [0.3, 0.4) is 0 Å². The predicted octanol–water partition coefficient (Wildman–Crippen LogP) is 16.8. The zero-order valence-electron chi connectivity index (χ0n) is 49.1. The first-order valence-corrected chi connectivity index (χ1v) is 45.2. The summed E-state index contributed by atoms with van der Waals surface area (Å²) < 4.78 is 28.3. The average Bonchev–Trinajstić information content (AvgIpc) is 1.49. The summed E-state index contributed by atoms with van der Waals surface area (Å²) in [4.78, 5) is 0. The maximum atomic E-state index is 14.4. The van der Waals surface area contributed by atoms with E-state index in [1.807, 2.05) is 91.0 Å². The standard InChI is InChI=1S/C23H24B2P2.C23H24O2P2.C23H24P2.CH4.Cl3HSi.4H2S/c2*24-26(20-11-4-1-5-12-20)18-10-17-23(26)19-27(25,21-13-6-2-7-14-21)22-15-8-3-9-16-22;1-4-11-20(12-5-1)24-18-10-17-23(24)19-25(21-13-6-2-7-14-21)22-15-8-3-9-16-22;;1-4(2)3;;;;/h2*1-9,11-16,23H,10,17-19H2;1-9,11-16,23H,10,17-19H2;1H4;4H;4*1H2/q+2;;;;;;;;/t23-,26?;23-,26+;23-,24?;;;;;;/m000....../s1. The summed E-state index contributed by atoms with van der Waals surface area (Å²) in [6, 6.07) is 95.1. The van der Waals surface area contributed by atoms with Crippen molar-refractivity contribution >= 4 is 201 Å². The first kappa shape index (κ1) is 78.2. The molecule has 2 nitrogen and oxygen atoms in total. The fraction of sp³-hybridized carbons (Fsp3) is 0.229. The number of benzene rings is 9. The highest BCUT2D eigenvalue weighted by Gasteiger charge is 2.53. The largest absolute Gasteiger partial charge is 0.377 e. The molecule has 0 spiro atoms. The third-order valence-electron chi connectivity index (χ3n) is 16.5. The Bertz CT molecular complexity index is 3330. The lowest BCUT2D eigenvalue weighted by Gasteiger charge is -2.31. The van der Waals surface area contributed by atoms with Crippen LogP contribution in [0, 0.1) is 0 Å². The molecular formula is C70H85B2Cl3O2P6S4Si+2. The third kappa shape index (κ3) is 20.4. The number of hydrogen-bond acceptors (Lipinski definition) is 2. The van der Waals surface area contributed by atoms with E-state index in [1.165, 1.54) is 64.5 Å². The van der Waals surface area contributed by atoms with Gasteiger partial charge in [-0.15, -0.1) is 33.2 Å². The lowest BCUT2D eigenvalue weighted by molar-refractivity contribution is 0.573. The number of halogens is 3. The highest BCUT2D eigenvalue weighted by atomic mass is 35.8. The van der Waals surface area contributed by atoms with Gasteiger partial charge in [0, 0.05) is 47.2 Å². The van der Waals surface area contributed by atoms with E-state index in [2.05, 4.69) is 182 Å². The lowest BCUT2D eigenvalue weighted by Crippen LogP contribution is -2.32. The Morgan fingerprint density at radius 2 is 0.943 bits per heavy atom. The van der Waals surface area contributed by atoms with Crippen LogP contribution < -0.4 is 47.7 Å². The maximum absolute atomic E-state index is 14.4. The van der Waals surface area contributed by atoms with Gasteiger partial charge in [0.15, 0.2) is 0 Å². The minimum atomic E-state index is -2.85. The van der Waals surface area contributed by atoms with E-state index in [-0.39, 0.29) is 82.9 Å². The molecule has 0 N–H and O–H groups in total. The first-order valence-electron chi connectivity index (χ1n) is 28.9. The van der Waals surface area contributed by atoms with E-state index in [1.54, 1.807) is 5.30 Å². The van der Waals surface area contributed by atoms with E-state index in [0.29, 0.717) is 11.8 Å². The molecule has 9 aromatic carbocycles. The highest BCUT2D eigenvalue weighted by molar-refractivity contribution is 8.10. The van der Waals surface area contributed by atoms with Crippen LogP contribution in [-0.4, -0.2) is 75.8 Å². The zero-order valence-corrected chi connectivity index (χ0v) is 61.9. The van der Waals surface area contributed by atoms with E-state index in [0.717, 1.165) is 52.9 Å². The summed E-state index contributed by atoms with van der Waals surface area (Å²) in [6.07, 6.45) is 13.1. The van der Waals surface area contributed by atoms with Gasteiger partial charge < -0.3 is 9.13 Å². The monoisotopic (exact) mass is 1430 g/mol. The Morgan fingerprint density at radius 3 is 1.40 bits per heavy atom. The second-order valence-electron chi connectivity index (χ2n) is 21.6. The molecule has 0 aromatic heterocycles. The SMILES string of the molecule is C.Cl[SiH](Cl)Cl.O=P(C[C@@H]1CCC[P@@]1(=O)c1ccccc1)(c1ccccc1)c1ccccc1.S.S.S.S.[B][P+](C[C@@H]1CCC[P+]1([B])c1ccccc1)(c1ccccc1)c1ccccc1.c1ccc(P(C[C@@H]2CCCP2c2ccccc2)c2ccccc2)cc1. The van der Waals surface area contributed by atoms with Crippen LogP contribution in [0.4, 0.5) is 0 Å². The van der Waals surface area contributed by atoms with Crippen LogP contribution in [0.5, 0.6) is 0 Å². The molecule has 0 saturated carbocycles. The molecule has 18 heteroatoms. The fourth-order valence-corrected chi connectivity index (χ4v) is 34.2. The van der Waals surface area contributed by atoms with Gasteiger partial charge in [-0.25, -0.2) is 0 Å². The summed E-state index contributed by atoms with van der Waals surface area (Å²) in [5, 5.41) is 11.3. The van der Waals surface area contributed by atoms with Crippen LogP contribution in [0.25, 0.3) is 0 Å². The van der Waals surface area contributed by atoms with Crippen molar-refractivity contribution in [3.63, 3.8) is 0 Å². The molecular weight excluding hydrogens is 1340 g/mol. The maximum Gasteiger partial charge on any atom is 0.377 e. The summed E-state index contributed by atoms with van der Waals surface area (Å²) in [5.41, 5.74) is 1.34. The molecule has 4 radical (unpaired) electrons. The summed E-state index contributed by atoms with van der Waals surface area (Å²) in [7, 11) is 5.16. The quantitative estimate of drug-likeness (QED) is 0.0582. The van der Waals surface area contributed by atoms with Crippen molar-refractivity contribution in [1.82, 2.24) is 0 Å². The van der Waals surface area contributed by atoms with Gasteiger partial charge >= 0.3 is 21.9 Å². The Labute approximate surface area is 577 Å². The van der Waals surface area contributed by atoms with Gasteiger partial charge in [0.2, 0.25) is 0 Å². The molecule has 460 valence electrons. The smallest absolute Gasteiger partial charge is 0.318 e. The minimum Gasteiger partial charge on any atom is -0.318 e. The Hall–Kier alpha value is -2.22. The van der Waals surface area contributed by atoms with Crippen molar-refractivity contribution in [3.8, 4) is 0 Å². The molecule has 12 rings (SSSR count). The molecule has 3 fully saturated rings. The van der Waals surface area contributed by atoms with Crippen molar-refractivity contribution in [2.75, 3.05) is 37.0 Å². The predicted molar refractivity (Wildman–Crippen MR) is 430 cm³/mol. The van der Waals surface area contributed by atoms with Crippen LogP contribution in [0.2, 0.25) is 0 Å². The highest BCUT2D eigenvalue weighted by Crippen LogP contribution is 2.68. The Morgan fingerprint density at radius 1 is 0.545 bits per heavy atom. The number of hydrogen-bond donors (Lipinski definition) is 0. The summed E-state index contributed by atoms with van der Waals surface area (Å²) in [6.45, 7) is -1.72. The van der Waals surface area contributed by atoms with E-state index in [4.69, 9.17) is 48.4 Å². The Balaban J connectivity index is 0.000000266. The second-order valence-corrected chi connectivity index (χ2v) is 45.8. The first-order chi connectivity index (χ1) is 40.4. The topological polar surface area (TPSA) is 34.1 Å². The van der Waals surface area contributed by atoms with Crippen molar-refractivity contribution < 1.29 is 9.13 Å². The summed E-state index contributed by atoms with van der Waals surface area (Å²) in [5.74, 6) is 0. The molecule has 9 aromatic rings. The molecule has 3 aliphatic rings. The average molecular weight is 1430 g/mol. The van der Waals surface area contributed by atoms with Crippen LogP contribution >= 0.6 is 132 Å². The van der Waals surface area contributed by atoms with Gasteiger partial charge in [0.1, 0.15) is 14.3 Å². The van der Waals surface area contributed by atoms with Gasteiger partial charge in [-0.05, 0) is 124 Å². The molecule has 3 saturated heterocycles. The number of rotatable bonds is 15. The third-order valence-corrected chi connectivity index (χ3v) is 37.6. The molecule has 3 heterocycles. The minimum absolute atomic E-state index is 0. The molecule has 6 atom stereocenters. The van der Waals surface area contributed by atoms with Gasteiger partial charge in [-0.2, -0.15) is 54.0 Å². The fourth-order valence-electron chi connectivity index (χ4n) is 12.3. The Kier molecular flexibility index (Phi) is 34.5. The van der Waals surface area contributed by atoms with E-state index >= 15 is 0 Å². The van der Waals surface area contributed by atoms with Gasteiger partial charge in [0.25, 0.3) is 0 Å². The van der Waals surface area contributed by atoms with Crippen LogP contribution in [0.15, 0.2) is 273 Å². The molecule has 88 heavy (non-hydrogen) atoms. The second kappa shape index (κ2) is 38.8. The lowest BCUT2D eigenvalue weighted by atomic mass is 10.3.